The summed E-state index contributed by atoms with van der Waals surface area (Å²) in [6.07, 6.45) is 4.03. The summed E-state index contributed by atoms with van der Waals surface area (Å²) in [5.74, 6) is -1.70. The van der Waals surface area contributed by atoms with Crippen LogP contribution >= 0.6 is 11.8 Å². The average molecular weight is 474 g/mol. The largest absolute Gasteiger partial charge is 0.468 e. The number of hydrogen-bond acceptors (Lipinski definition) is 8. The minimum atomic E-state index is -0.749. The Balaban J connectivity index is 2.50. The van der Waals surface area contributed by atoms with Crippen LogP contribution in [0.15, 0.2) is 0 Å². The molecule has 0 aliphatic carbocycles. The number of hydrogen-bond donors (Lipinski definition) is 4. The van der Waals surface area contributed by atoms with Gasteiger partial charge in [0.25, 0.3) is 0 Å². The van der Waals surface area contributed by atoms with E-state index in [4.69, 9.17) is 0 Å². The number of rotatable bonds is 13. The Bertz CT molecular complexity index is 675. The van der Waals surface area contributed by atoms with Gasteiger partial charge in [-0.2, -0.15) is 11.8 Å². The van der Waals surface area contributed by atoms with E-state index in [0.717, 1.165) is 19.4 Å². The third-order valence-electron chi connectivity index (χ3n) is 5.03. The molecular weight excluding hydrogens is 438 g/mol. The van der Waals surface area contributed by atoms with E-state index in [1.807, 2.05) is 20.1 Å². The fraction of sp³-hybridized carbons (Fsp3) is 0.750. The number of amides is 4. The first-order chi connectivity index (χ1) is 15.2. The molecule has 1 fully saturated rings. The van der Waals surface area contributed by atoms with Crippen LogP contribution in [0.2, 0.25) is 0 Å². The van der Waals surface area contributed by atoms with Gasteiger partial charge in [-0.25, -0.2) is 0 Å². The summed E-state index contributed by atoms with van der Waals surface area (Å²) in [6, 6.07) is -0.771. The van der Waals surface area contributed by atoms with Crippen LogP contribution in [0.3, 0.4) is 0 Å². The van der Waals surface area contributed by atoms with Crippen LogP contribution in [0.5, 0.6) is 0 Å². The van der Waals surface area contributed by atoms with Crippen LogP contribution in [0.25, 0.3) is 0 Å². The van der Waals surface area contributed by atoms with Crippen molar-refractivity contribution in [1.29, 1.82) is 0 Å². The molecule has 0 unspecified atom stereocenters. The van der Waals surface area contributed by atoms with Crippen molar-refractivity contribution in [3.8, 4) is 0 Å². The van der Waals surface area contributed by atoms with Crippen LogP contribution in [0.1, 0.15) is 33.1 Å². The number of methoxy groups -OCH3 is 1. The first-order valence-electron chi connectivity index (χ1n) is 10.6. The number of nitrogens with zero attached hydrogens (tertiary/aromatic N) is 1. The SMILES string of the molecule is COC(=O)CNC(=O)CNC(=O)CNC(=O)[C@H](CCSC)NC(=O)[C@@H]1CCCN1C(C)C. The second-order valence-electron chi connectivity index (χ2n) is 7.68. The summed E-state index contributed by atoms with van der Waals surface area (Å²) in [6.45, 7) is 3.95. The molecule has 0 bridgehead atoms. The summed E-state index contributed by atoms with van der Waals surface area (Å²) in [4.78, 5) is 62.0. The van der Waals surface area contributed by atoms with Crippen LogP contribution in [0.4, 0.5) is 0 Å². The van der Waals surface area contributed by atoms with Crippen LogP contribution in [-0.4, -0.2) is 97.9 Å². The third kappa shape index (κ3) is 9.86. The molecule has 0 aromatic rings. The van der Waals surface area contributed by atoms with Gasteiger partial charge in [-0.1, -0.05) is 0 Å². The molecule has 1 aliphatic rings. The van der Waals surface area contributed by atoms with Crippen molar-refractivity contribution < 1.29 is 28.7 Å². The minimum Gasteiger partial charge on any atom is -0.468 e. The van der Waals surface area contributed by atoms with Crippen molar-refractivity contribution in [3.05, 3.63) is 0 Å². The summed E-state index contributed by atoms with van der Waals surface area (Å²) in [7, 11) is 1.20. The van der Waals surface area contributed by atoms with Gasteiger partial charge in [0.1, 0.15) is 12.6 Å². The smallest absolute Gasteiger partial charge is 0.325 e. The molecule has 12 heteroatoms. The Hall–Kier alpha value is -2.34. The maximum absolute atomic E-state index is 12.8. The molecule has 4 N–H and O–H groups in total. The Morgan fingerprint density at radius 3 is 2.25 bits per heavy atom. The molecule has 0 spiro atoms. The van der Waals surface area contributed by atoms with E-state index < -0.39 is 29.7 Å². The zero-order valence-electron chi connectivity index (χ0n) is 19.2. The average Bonchev–Trinajstić information content (AvgIpc) is 3.27. The number of nitrogens with one attached hydrogen (secondary N) is 4. The molecular formula is C20H35N5O6S. The summed E-state index contributed by atoms with van der Waals surface area (Å²) in [5, 5.41) is 9.98. The Labute approximate surface area is 193 Å². The number of ether oxygens (including phenoxy) is 1. The molecule has 1 aliphatic heterocycles. The maximum Gasteiger partial charge on any atom is 0.325 e. The van der Waals surface area contributed by atoms with Gasteiger partial charge in [-0.3, -0.25) is 28.9 Å². The zero-order chi connectivity index (χ0) is 24.1. The normalized spacial score (nSPS) is 16.8. The Kier molecular flexibility index (Phi) is 12.7. The quantitative estimate of drug-likeness (QED) is 0.239. The monoisotopic (exact) mass is 473 g/mol. The fourth-order valence-corrected chi connectivity index (χ4v) is 3.77. The number of esters is 1. The lowest BCUT2D eigenvalue weighted by molar-refractivity contribution is -0.141. The first-order valence-corrected chi connectivity index (χ1v) is 12.0. The second-order valence-corrected chi connectivity index (χ2v) is 8.67. The summed E-state index contributed by atoms with van der Waals surface area (Å²) in [5.41, 5.74) is 0. The molecule has 1 rings (SSSR count). The highest BCUT2D eigenvalue weighted by molar-refractivity contribution is 7.98. The van der Waals surface area contributed by atoms with E-state index in [1.54, 1.807) is 11.8 Å². The van der Waals surface area contributed by atoms with Gasteiger partial charge < -0.3 is 26.0 Å². The van der Waals surface area contributed by atoms with E-state index in [2.05, 4.69) is 30.9 Å². The van der Waals surface area contributed by atoms with Gasteiger partial charge in [0.15, 0.2) is 0 Å². The Morgan fingerprint density at radius 2 is 1.66 bits per heavy atom. The van der Waals surface area contributed by atoms with Crippen LogP contribution in [0, 0.1) is 0 Å². The van der Waals surface area contributed by atoms with Gasteiger partial charge >= 0.3 is 5.97 Å². The van der Waals surface area contributed by atoms with Crippen LogP contribution < -0.4 is 21.3 Å². The second kappa shape index (κ2) is 14.7. The van der Waals surface area contributed by atoms with Crippen molar-refractivity contribution in [2.24, 2.45) is 0 Å². The predicted molar refractivity (Wildman–Crippen MR) is 121 cm³/mol. The number of carbonyl (C=O) groups is 5. The zero-order valence-corrected chi connectivity index (χ0v) is 20.0. The molecule has 4 amide bonds. The van der Waals surface area contributed by atoms with Crippen LogP contribution in [-0.2, 0) is 28.7 Å². The van der Waals surface area contributed by atoms with Gasteiger partial charge in [0, 0.05) is 6.04 Å². The molecule has 0 saturated carbocycles. The number of carbonyl (C=O) groups excluding carboxylic acids is 5. The molecule has 11 nitrogen and oxygen atoms in total. The van der Waals surface area contributed by atoms with E-state index >= 15 is 0 Å². The van der Waals surface area contributed by atoms with Crippen molar-refractivity contribution >= 4 is 41.4 Å². The lowest BCUT2D eigenvalue weighted by Gasteiger charge is -2.29. The number of thioether (sulfide) groups is 1. The molecule has 182 valence electrons. The van der Waals surface area contributed by atoms with E-state index in [-0.39, 0.29) is 37.6 Å². The highest BCUT2D eigenvalue weighted by Gasteiger charge is 2.34. The van der Waals surface area contributed by atoms with Gasteiger partial charge in [0.2, 0.25) is 23.6 Å². The molecule has 2 atom stereocenters. The molecule has 0 aromatic carbocycles. The lowest BCUT2D eigenvalue weighted by atomic mass is 10.1. The van der Waals surface area contributed by atoms with Gasteiger partial charge in [0.05, 0.1) is 26.2 Å². The lowest BCUT2D eigenvalue weighted by Crippen LogP contribution is -2.54. The summed E-state index contributed by atoms with van der Waals surface area (Å²) >= 11 is 1.56. The topological polar surface area (TPSA) is 146 Å². The maximum atomic E-state index is 12.8. The summed E-state index contributed by atoms with van der Waals surface area (Å²) < 4.78 is 4.40. The van der Waals surface area contributed by atoms with E-state index in [0.29, 0.717) is 12.2 Å². The Morgan fingerprint density at radius 1 is 1.03 bits per heavy atom. The van der Waals surface area contributed by atoms with Gasteiger partial charge in [-0.05, 0) is 51.7 Å². The van der Waals surface area contributed by atoms with E-state index in [1.165, 1.54) is 7.11 Å². The van der Waals surface area contributed by atoms with Crippen molar-refractivity contribution in [3.63, 3.8) is 0 Å². The predicted octanol–water partition coefficient (Wildman–Crippen LogP) is -1.38. The van der Waals surface area contributed by atoms with Crippen molar-refractivity contribution in [1.82, 2.24) is 26.2 Å². The van der Waals surface area contributed by atoms with Crippen molar-refractivity contribution in [2.75, 3.05) is 45.3 Å². The molecule has 1 heterocycles. The molecule has 1 saturated heterocycles. The molecule has 0 radical (unpaired) electrons. The van der Waals surface area contributed by atoms with E-state index in [9.17, 15) is 24.0 Å². The molecule has 32 heavy (non-hydrogen) atoms. The fourth-order valence-electron chi connectivity index (χ4n) is 3.30. The standard InChI is InChI=1S/C20H35N5O6S/c1-13(2)25-8-5-6-15(25)20(30)24-14(7-9-32-4)19(29)23-11-17(27)21-10-16(26)22-12-18(28)31-3/h13-15H,5-12H2,1-4H3,(H,21,27)(H,22,26)(H,23,29)(H,24,30)/t14-,15-/m0/s1. The van der Waals surface area contributed by atoms with Gasteiger partial charge in [-0.15, -0.1) is 0 Å². The third-order valence-corrected chi connectivity index (χ3v) is 5.67. The minimum absolute atomic E-state index is 0.177. The molecule has 0 aromatic heterocycles. The first kappa shape index (κ1) is 27.7. The highest BCUT2D eigenvalue weighted by Crippen LogP contribution is 2.20. The number of likely N-dealkylation sites (tertiary alicyclic amines) is 1. The highest BCUT2D eigenvalue weighted by atomic mass is 32.2. The van der Waals surface area contributed by atoms with Crippen molar-refractivity contribution in [2.45, 2.75) is 51.2 Å².